The van der Waals surface area contributed by atoms with Crippen LogP contribution in [0.15, 0.2) is 48.8 Å². The summed E-state index contributed by atoms with van der Waals surface area (Å²) in [5, 5.41) is 8.79. The van der Waals surface area contributed by atoms with Gasteiger partial charge in [0.25, 0.3) is 5.91 Å². The lowest BCUT2D eigenvalue weighted by molar-refractivity contribution is -0.124. The molecule has 0 spiro atoms. The molecule has 0 unspecified atom stereocenters. The van der Waals surface area contributed by atoms with Crippen molar-refractivity contribution in [1.82, 2.24) is 15.6 Å². The van der Waals surface area contributed by atoms with Crippen LogP contribution in [-0.2, 0) is 4.79 Å². The molecule has 2 aromatic rings. The first-order valence-corrected chi connectivity index (χ1v) is 8.20. The number of aromatic nitrogens is 1. The molecule has 0 aliphatic heterocycles. The number of benzene rings is 1. The van der Waals surface area contributed by atoms with Crippen molar-refractivity contribution in [3.63, 3.8) is 0 Å². The minimum absolute atomic E-state index is 0.135. The van der Waals surface area contributed by atoms with E-state index in [9.17, 15) is 9.59 Å². The summed E-state index contributed by atoms with van der Waals surface area (Å²) in [5.41, 5.74) is 1.78. The smallest absolute Gasteiger partial charge is 0.252 e. The molecule has 0 aliphatic carbocycles. The summed E-state index contributed by atoms with van der Waals surface area (Å²) < 4.78 is 0. The van der Waals surface area contributed by atoms with E-state index in [4.69, 9.17) is 0 Å². The SMILES string of the molecule is Cc1ccc(NC(C)(C)C(=O)NCCNC(=O)c2cccnc2)cc1. The van der Waals surface area contributed by atoms with Crippen molar-refractivity contribution < 1.29 is 9.59 Å². The van der Waals surface area contributed by atoms with Crippen molar-refractivity contribution in [3.8, 4) is 0 Å². The lowest BCUT2D eigenvalue weighted by atomic mass is 10.0. The number of anilines is 1. The van der Waals surface area contributed by atoms with Gasteiger partial charge in [-0.2, -0.15) is 0 Å². The molecule has 2 rings (SSSR count). The molecule has 1 aromatic heterocycles. The Hall–Kier alpha value is -2.89. The van der Waals surface area contributed by atoms with Crippen molar-refractivity contribution in [2.45, 2.75) is 26.3 Å². The van der Waals surface area contributed by atoms with E-state index in [1.165, 1.54) is 6.20 Å². The number of hydrogen-bond donors (Lipinski definition) is 3. The van der Waals surface area contributed by atoms with Gasteiger partial charge in [-0.25, -0.2) is 0 Å². The van der Waals surface area contributed by atoms with Gasteiger partial charge in [0.2, 0.25) is 5.91 Å². The quantitative estimate of drug-likeness (QED) is 0.674. The molecule has 25 heavy (non-hydrogen) atoms. The largest absolute Gasteiger partial charge is 0.372 e. The lowest BCUT2D eigenvalue weighted by Crippen LogP contribution is -2.49. The fourth-order valence-corrected chi connectivity index (χ4v) is 2.23. The Bertz CT molecular complexity index is 712. The Balaban J connectivity index is 1.77. The van der Waals surface area contributed by atoms with Gasteiger partial charge >= 0.3 is 0 Å². The van der Waals surface area contributed by atoms with Gasteiger partial charge in [-0.05, 0) is 45.0 Å². The Morgan fingerprint density at radius 3 is 2.36 bits per heavy atom. The number of aryl methyl sites for hydroxylation is 1. The molecule has 3 N–H and O–H groups in total. The van der Waals surface area contributed by atoms with Crippen molar-refractivity contribution in [2.24, 2.45) is 0 Å². The monoisotopic (exact) mass is 340 g/mol. The molecule has 0 radical (unpaired) electrons. The van der Waals surface area contributed by atoms with Crippen LogP contribution in [0.3, 0.4) is 0 Å². The fraction of sp³-hybridized carbons (Fsp3) is 0.316. The predicted octanol–water partition coefficient (Wildman–Crippen LogP) is 2.13. The van der Waals surface area contributed by atoms with Crippen LogP contribution in [-0.4, -0.2) is 35.4 Å². The summed E-state index contributed by atoms with van der Waals surface area (Å²) in [7, 11) is 0. The molecule has 1 heterocycles. The van der Waals surface area contributed by atoms with Crippen LogP contribution in [0.5, 0.6) is 0 Å². The maximum Gasteiger partial charge on any atom is 0.252 e. The summed E-state index contributed by atoms with van der Waals surface area (Å²) in [4.78, 5) is 28.1. The van der Waals surface area contributed by atoms with E-state index < -0.39 is 5.54 Å². The van der Waals surface area contributed by atoms with Crippen LogP contribution >= 0.6 is 0 Å². The van der Waals surface area contributed by atoms with Gasteiger partial charge < -0.3 is 16.0 Å². The van der Waals surface area contributed by atoms with Crippen LogP contribution < -0.4 is 16.0 Å². The van der Waals surface area contributed by atoms with E-state index in [0.717, 1.165) is 11.3 Å². The van der Waals surface area contributed by atoms with E-state index in [0.29, 0.717) is 18.7 Å². The van der Waals surface area contributed by atoms with E-state index in [-0.39, 0.29) is 11.8 Å². The van der Waals surface area contributed by atoms with E-state index in [1.807, 2.05) is 45.0 Å². The van der Waals surface area contributed by atoms with Gasteiger partial charge in [-0.15, -0.1) is 0 Å². The molecule has 2 amide bonds. The Morgan fingerprint density at radius 2 is 1.72 bits per heavy atom. The van der Waals surface area contributed by atoms with Crippen molar-refractivity contribution in [1.29, 1.82) is 0 Å². The first-order chi connectivity index (χ1) is 11.9. The second kappa shape index (κ2) is 8.28. The third-order valence-electron chi connectivity index (χ3n) is 3.70. The molecule has 0 saturated carbocycles. The molecule has 6 nitrogen and oxygen atoms in total. The topological polar surface area (TPSA) is 83.1 Å². The van der Waals surface area contributed by atoms with E-state index >= 15 is 0 Å². The van der Waals surface area contributed by atoms with Crippen LogP contribution in [0, 0.1) is 6.92 Å². The highest BCUT2D eigenvalue weighted by molar-refractivity contribution is 5.93. The normalized spacial score (nSPS) is 10.8. The molecule has 0 fully saturated rings. The van der Waals surface area contributed by atoms with Gasteiger partial charge in [0, 0.05) is 31.2 Å². The summed E-state index contributed by atoms with van der Waals surface area (Å²) in [6, 6.07) is 11.3. The average molecular weight is 340 g/mol. The zero-order valence-corrected chi connectivity index (χ0v) is 14.8. The maximum atomic E-state index is 12.4. The molecular weight excluding hydrogens is 316 g/mol. The first kappa shape index (κ1) is 18.4. The maximum absolute atomic E-state index is 12.4. The fourth-order valence-electron chi connectivity index (χ4n) is 2.23. The number of nitrogens with zero attached hydrogens (tertiary/aromatic N) is 1. The minimum atomic E-state index is -0.761. The van der Waals surface area contributed by atoms with E-state index in [2.05, 4.69) is 20.9 Å². The number of carbonyl (C=O) groups excluding carboxylic acids is 2. The van der Waals surface area contributed by atoms with Gasteiger partial charge in [0.05, 0.1) is 5.56 Å². The summed E-state index contributed by atoms with van der Waals surface area (Å²) in [6.07, 6.45) is 3.11. The number of rotatable bonds is 7. The van der Waals surface area contributed by atoms with Gasteiger partial charge in [-0.1, -0.05) is 17.7 Å². The highest BCUT2D eigenvalue weighted by Gasteiger charge is 2.26. The number of pyridine rings is 1. The second-order valence-electron chi connectivity index (χ2n) is 6.37. The summed E-state index contributed by atoms with van der Waals surface area (Å²) >= 11 is 0. The molecule has 1 aromatic carbocycles. The number of hydrogen-bond acceptors (Lipinski definition) is 4. The second-order valence-corrected chi connectivity index (χ2v) is 6.37. The Labute approximate surface area is 148 Å². The zero-order chi connectivity index (χ0) is 18.3. The zero-order valence-electron chi connectivity index (χ0n) is 14.8. The number of amides is 2. The molecule has 0 atom stereocenters. The Morgan fingerprint density at radius 1 is 1.04 bits per heavy atom. The van der Waals surface area contributed by atoms with Crippen LogP contribution in [0.25, 0.3) is 0 Å². The standard InChI is InChI=1S/C19H24N4O2/c1-14-6-8-16(9-7-14)23-19(2,3)18(25)22-12-11-21-17(24)15-5-4-10-20-13-15/h4-10,13,23H,11-12H2,1-3H3,(H,21,24)(H,22,25). The molecular formula is C19H24N4O2. The molecule has 6 heteroatoms. The van der Waals surface area contributed by atoms with Gasteiger partial charge in [0.1, 0.15) is 5.54 Å². The number of carbonyl (C=O) groups is 2. The average Bonchev–Trinajstić information content (AvgIpc) is 2.61. The molecule has 0 bridgehead atoms. The minimum Gasteiger partial charge on any atom is -0.372 e. The highest BCUT2D eigenvalue weighted by atomic mass is 16.2. The summed E-state index contributed by atoms with van der Waals surface area (Å²) in [6.45, 7) is 6.35. The van der Waals surface area contributed by atoms with E-state index in [1.54, 1.807) is 18.3 Å². The van der Waals surface area contributed by atoms with Crippen molar-refractivity contribution in [3.05, 3.63) is 59.9 Å². The van der Waals surface area contributed by atoms with Crippen LogP contribution in [0.2, 0.25) is 0 Å². The highest BCUT2D eigenvalue weighted by Crippen LogP contribution is 2.15. The van der Waals surface area contributed by atoms with Crippen molar-refractivity contribution in [2.75, 3.05) is 18.4 Å². The lowest BCUT2D eigenvalue weighted by Gasteiger charge is -2.26. The summed E-state index contributed by atoms with van der Waals surface area (Å²) in [5.74, 6) is -0.344. The third kappa shape index (κ3) is 5.60. The third-order valence-corrected chi connectivity index (χ3v) is 3.70. The Kier molecular flexibility index (Phi) is 6.11. The van der Waals surface area contributed by atoms with Gasteiger partial charge in [-0.3, -0.25) is 14.6 Å². The first-order valence-electron chi connectivity index (χ1n) is 8.20. The van der Waals surface area contributed by atoms with Crippen LogP contribution in [0.1, 0.15) is 29.8 Å². The van der Waals surface area contributed by atoms with Crippen molar-refractivity contribution >= 4 is 17.5 Å². The van der Waals surface area contributed by atoms with Gasteiger partial charge in [0.15, 0.2) is 0 Å². The predicted molar refractivity (Wildman–Crippen MR) is 98.5 cm³/mol. The van der Waals surface area contributed by atoms with Crippen LogP contribution in [0.4, 0.5) is 5.69 Å². The number of nitrogens with one attached hydrogen (secondary N) is 3. The molecule has 0 saturated heterocycles. The molecule has 0 aliphatic rings. The molecule has 132 valence electrons.